The van der Waals surface area contributed by atoms with E-state index in [-0.39, 0.29) is 0 Å². The highest BCUT2D eigenvalue weighted by Gasteiger charge is 2.48. The molecule has 1 saturated heterocycles. The van der Waals surface area contributed by atoms with E-state index in [1.54, 1.807) is 51.0 Å². The number of ether oxygens (including phenoxy) is 2. The van der Waals surface area contributed by atoms with Gasteiger partial charge in [0.05, 0.1) is 49.3 Å². The molecule has 0 radical (unpaired) electrons. The third kappa shape index (κ3) is 4.64. The maximum absolute atomic E-state index is 9.04. The second kappa shape index (κ2) is 8.20. The molecule has 0 spiro atoms. The first-order chi connectivity index (χ1) is 13.0. The SMILES string of the molecule is CC1(C)O[C@@H]([C@@H](Cc2ccoc2)N=[N+]=[N-])[C@H]([C@@H](Cc2ccoc2)N=[N+]=[N-])O1. The molecule has 4 atom stereocenters. The third-order valence-corrected chi connectivity index (χ3v) is 4.37. The number of hydrogen-bond donors (Lipinski definition) is 0. The highest BCUT2D eigenvalue weighted by molar-refractivity contribution is 5.13. The smallest absolute Gasteiger partial charge is 0.163 e. The Morgan fingerprint density at radius 2 is 1.37 bits per heavy atom. The molecule has 2 aromatic heterocycles. The minimum Gasteiger partial charge on any atom is -0.472 e. The molecule has 142 valence electrons. The highest BCUT2D eigenvalue weighted by Crippen LogP contribution is 2.35. The van der Waals surface area contributed by atoms with E-state index in [0.29, 0.717) is 12.8 Å². The van der Waals surface area contributed by atoms with Gasteiger partial charge in [-0.15, -0.1) is 0 Å². The highest BCUT2D eigenvalue weighted by atomic mass is 16.8. The maximum atomic E-state index is 9.04. The predicted molar refractivity (Wildman–Crippen MR) is 94.5 cm³/mol. The van der Waals surface area contributed by atoms with Gasteiger partial charge >= 0.3 is 0 Å². The van der Waals surface area contributed by atoms with Crippen LogP contribution in [0.5, 0.6) is 0 Å². The van der Waals surface area contributed by atoms with E-state index in [1.807, 2.05) is 0 Å². The molecule has 10 nitrogen and oxygen atoms in total. The molecule has 0 unspecified atom stereocenters. The Balaban J connectivity index is 1.89. The first-order valence-corrected chi connectivity index (χ1v) is 8.48. The van der Waals surface area contributed by atoms with E-state index in [2.05, 4.69) is 20.1 Å². The zero-order valence-electron chi connectivity index (χ0n) is 15.0. The molecule has 0 amide bonds. The minimum absolute atomic E-state index is 0.413. The molecule has 1 aliphatic rings. The van der Waals surface area contributed by atoms with E-state index < -0.39 is 30.1 Å². The zero-order chi connectivity index (χ0) is 19.3. The number of azide groups is 2. The summed E-state index contributed by atoms with van der Waals surface area (Å²) in [4.78, 5) is 5.93. The molecule has 3 heterocycles. The van der Waals surface area contributed by atoms with Gasteiger partial charge in [-0.2, -0.15) is 0 Å². The first-order valence-electron chi connectivity index (χ1n) is 8.48. The van der Waals surface area contributed by atoms with Crippen molar-refractivity contribution in [1.82, 2.24) is 0 Å². The Labute approximate surface area is 155 Å². The van der Waals surface area contributed by atoms with Crippen LogP contribution in [-0.4, -0.2) is 30.1 Å². The van der Waals surface area contributed by atoms with Crippen LogP contribution in [0, 0.1) is 0 Å². The summed E-state index contributed by atoms with van der Waals surface area (Å²) >= 11 is 0. The number of rotatable bonds is 8. The number of furan rings is 2. The first kappa shape index (κ1) is 18.9. The molecule has 0 saturated carbocycles. The Hall–Kier alpha value is -2.90. The Morgan fingerprint density at radius 1 is 0.926 bits per heavy atom. The van der Waals surface area contributed by atoms with Gasteiger partial charge in [0.2, 0.25) is 0 Å². The van der Waals surface area contributed by atoms with Crippen molar-refractivity contribution in [2.24, 2.45) is 10.2 Å². The summed E-state index contributed by atoms with van der Waals surface area (Å²) in [5, 5.41) is 7.83. The average molecular weight is 372 g/mol. The molecule has 0 bridgehead atoms. The third-order valence-electron chi connectivity index (χ3n) is 4.37. The second-order valence-electron chi connectivity index (χ2n) is 6.78. The maximum Gasteiger partial charge on any atom is 0.163 e. The van der Waals surface area contributed by atoms with Crippen molar-refractivity contribution >= 4 is 0 Å². The summed E-state index contributed by atoms with van der Waals surface area (Å²) in [6.07, 6.45) is 5.93. The summed E-state index contributed by atoms with van der Waals surface area (Å²) in [5.41, 5.74) is 19.8. The normalized spacial score (nSPS) is 23.2. The predicted octanol–water partition coefficient (Wildman–Crippen LogP) is 4.54. The van der Waals surface area contributed by atoms with Gasteiger partial charge < -0.3 is 18.3 Å². The van der Waals surface area contributed by atoms with Crippen LogP contribution < -0.4 is 0 Å². The molecule has 27 heavy (non-hydrogen) atoms. The van der Waals surface area contributed by atoms with Crippen LogP contribution in [0.1, 0.15) is 25.0 Å². The lowest BCUT2D eigenvalue weighted by molar-refractivity contribution is -0.149. The molecule has 2 aromatic rings. The van der Waals surface area contributed by atoms with Gasteiger partial charge in [-0.05, 0) is 61.0 Å². The molecule has 0 aromatic carbocycles. The minimum atomic E-state index is -0.908. The standard InChI is InChI=1S/C17H20N6O4/c1-17(2)26-15(13(20-22-18)7-11-3-5-24-9-11)16(27-17)14(21-23-19)8-12-4-6-25-10-12/h3-6,9-10,13-16H,7-8H2,1-2H3/t13-,14-,15+,16+/m1/s1. The molecule has 0 N–H and O–H groups in total. The van der Waals surface area contributed by atoms with Gasteiger partial charge in [-0.25, -0.2) is 0 Å². The fourth-order valence-electron chi connectivity index (χ4n) is 3.29. The summed E-state index contributed by atoms with van der Waals surface area (Å²) in [6, 6.07) is 2.48. The van der Waals surface area contributed by atoms with Crippen molar-refractivity contribution in [3.63, 3.8) is 0 Å². The summed E-state index contributed by atoms with van der Waals surface area (Å²) in [7, 11) is 0. The van der Waals surface area contributed by atoms with Crippen molar-refractivity contribution < 1.29 is 18.3 Å². The van der Waals surface area contributed by atoms with Crippen LogP contribution in [-0.2, 0) is 22.3 Å². The van der Waals surface area contributed by atoms with Gasteiger partial charge in [-0.1, -0.05) is 10.2 Å². The monoisotopic (exact) mass is 372 g/mol. The van der Waals surface area contributed by atoms with E-state index in [0.717, 1.165) is 11.1 Å². The topological polar surface area (TPSA) is 142 Å². The van der Waals surface area contributed by atoms with E-state index in [1.165, 1.54) is 0 Å². The Bertz CT molecular complexity index is 753. The van der Waals surface area contributed by atoms with Crippen molar-refractivity contribution in [2.75, 3.05) is 0 Å². The van der Waals surface area contributed by atoms with Crippen molar-refractivity contribution in [3.05, 3.63) is 69.2 Å². The van der Waals surface area contributed by atoms with E-state index in [4.69, 9.17) is 29.4 Å². The Morgan fingerprint density at radius 3 is 1.70 bits per heavy atom. The zero-order valence-corrected chi connectivity index (χ0v) is 15.0. The van der Waals surface area contributed by atoms with Crippen LogP contribution >= 0.6 is 0 Å². The van der Waals surface area contributed by atoms with Crippen LogP contribution in [0.25, 0.3) is 20.9 Å². The van der Waals surface area contributed by atoms with Gasteiger partial charge in [0, 0.05) is 9.82 Å². The lowest BCUT2D eigenvalue weighted by atomic mass is 9.93. The molecular weight excluding hydrogens is 352 g/mol. The van der Waals surface area contributed by atoms with Gasteiger partial charge in [0.25, 0.3) is 0 Å². The molecular formula is C17H20N6O4. The quantitative estimate of drug-likeness (QED) is 0.381. The van der Waals surface area contributed by atoms with Crippen molar-refractivity contribution in [1.29, 1.82) is 0 Å². The molecule has 10 heteroatoms. The average Bonchev–Trinajstić information content (AvgIpc) is 3.35. The second-order valence-corrected chi connectivity index (χ2v) is 6.78. The lowest BCUT2D eigenvalue weighted by Crippen LogP contribution is -2.42. The molecule has 1 aliphatic heterocycles. The van der Waals surface area contributed by atoms with Gasteiger partial charge in [-0.3, -0.25) is 0 Å². The molecule has 1 fully saturated rings. The summed E-state index contributed by atoms with van der Waals surface area (Å²) in [6.45, 7) is 3.55. The van der Waals surface area contributed by atoms with Crippen LogP contribution in [0.3, 0.4) is 0 Å². The van der Waals surface area contributed by atoms with Crippen LogP contribution in [0.15, 0.2) is 56.2 Å². The van der Waals surface area contributed by atoms with E-state index >= 15 is 0 Å². The van der Waals surface area contributed by atoms with Crippen LogP contribution in [0.4, 0.5) is 0 Å². The van der Waals surface area contributed by atoms with Crippen LogP contribution in [0.2, 0.25) is 0 Å². The fourth-order valence-corrected chi connectivity index (χ4v) is 3.29. The van der Waals surface area contributed by atoms with Gasteiger partial charge in [0.15, 0.2) is 5.79 Å². The van der Waals surface area contributed by atoms with E-state index in [9.17, 15) is 0 Å². The number of hydrogen-bond acceptors (Lipinski definition) is 6. The largest absolute Gasteiger partial charge is 0.472 e. The molecule has 0 aliphatic carbocycles. The summed E-state index contributed by atoms with van der Waals surface area (Å²) < 4.78 is 22.3. The Kier molecular flexibility index (Phi) is 5.73. The summed E-state index contributed by atoms with van der Waals surface area (Å²) in [5.74, 6) is -0.908. The lowest BCUT2D eigenvalue weighted by Gasteiger charge is -2.26. The van der Waals surface area contributed by atoms with Gasteiger partial charge in [0.1, 0.15) is 0 Å². The van der Waals surface area contributed by atoms with Crippen molar-refractivity contribution in [2.45, 2.75) is 56.8 Å². The molecule has 3 rings (SSSR count). The number of nitrogens with zero attached hydrogens (tertiary/aromatic N) is 6. The fraction of sp³-hybridized carbons (Fsp3) is 0.529. The van der Waals surface area contributed by atoms with Crippen molar-refractivity contribution in [3.8, 4) is 0 Å².